The molecule has 0 amide bonds. The van der Waals surface area contributed by atoms with Crippen molar-refractivity contribution in [1.82, 2.24) is 9.55 Å². The normalized spacial score (nSPS) is 11.4. The van der Waals surface area contributed by atoms with Crippen molar-refractivity contribution in [3.05, 3.63) is 109 Å². The maximum absolute atomic E-state index is 11.7. The van der Waals surface area contributed by atoms with Gasteiger partial charge in [0.05, 0.1) is 23.4 Å². The highest BCUT2D eigenvalue weighted by atomic mass is 32.2. The highest BCUT2D eigenvalue weighted by Crippen LogP contribution is 2.38. The second-order valence-electron chi connectivity index (χ2n) is 8.84. The van der Waals surface area contributed by atoms with E-state index < -0.39 is 10.0 Å². The molecule has 0 aliphatic heterocycles. The Morgan fingerprint density at radius 3 is 2.05 bits per heavy atom. The number of primary sulfonamides is 1. The van der Waals surface area contributed by atoms with Crippen LogP contribution in [-0.4, -0.2) is 30.2 Å². The Kier molecular flexibility index (Phi) is 7.00. The van der Waals surface area contributed by atoms with Gasteiger partial charge >= 0.3 is 0 Å². The molecule has 0 bridgehead atoms. The Balaban J connectivity index is 1.66. The van der Waals surface area contributed by atoms with E-state index in [1.807, 2.05) is 54.6 Å². The van der Waals surface area contributed by atoms with E-state index >= 15 is 0 Å². The highest BCUT2D eigenvalue weighted by Gasteiger charge is 2.22. The number of phenolic OH excluding ortho intramolecular Hbond substituents is 1. The molecule has 0 aliphatic rings. The largest absolute Gasteiger partial charge is 0.504 e. The number of rotatable bonds is 8. The average molecular weight is 526 g/mol. The molecular weight excluding hydrogens is 498 g/mol. The van der Waals surface area contributed by atoms with Crippen LogP contribution in [0.2, 0.25) is 0 Å². The number of imidazole rings is 1. The van der Waals surface area contributed by atoms with Crippen LogP contribution < -0.4 is 9.88 Å². The van der Waals surface area contributed by atoms with Crippen molar-refractivity contribution in [1.29, 1.82) is 0 Å². The van der Waals surface area contributed by atoms with Crippen molar-refractivity contribution in [2.24, 2.45) is 5.14 Å². The lowest BCUT2D eigenvalue weighted by molar-refractivity contribution is 0.373. The van der Waals surface area contributed by atoms with E-state index in [1.54, 1.807) is 24.3 Å². The molecule has 0 fully saturated rings. The Morgan fingerprint density at radius 2 is 1.47 bits per heavy atom. The van der Waals surface area contributed by atoms with E-state index in [4.69, 9.17) is 14.9 Å². The average Bonchev–Trinajstić information content (AvgIpc) is 3.32. The molecule has 7 nitrogen and oxygen atoms in total. The van der Waals surface area contributed by atoms with E-state index in [1.165, 1.54) is 19.2 Å². The molecule has 3 N–H and O–H groups in total. The minimum absolute atomic E-state index is 0.0284. The maximum Gasteiger partial charge on any atom is 0.238 e. The number of hydrogen-bond donors (Lipinski definition) is 2. The van der Waals surface area contributed by atoms with Crippen LogP contribution in [-0.2, 0) is 23.0 Å². The van der Waals surface area contributed by atoms with Gasteiger partial charge in [-0.1, -0.05) is 72.8 Å². The number of nitrogens with two attached hydrogens (primary N) is 1. The fourth-order valence-electron chi connectivity index (χ4n) is 4.49. The molecule has 0 spiro atoms. The molecule has 5 rings (SSSR count). The zero-order valence-electron chi connectivity index (χ0n) is 20.8. The van der Waals surface area contributed by atoms with Crippen LogP contribution in [0, 0.1) is 0 Å². The lowest BCUT2D eigenvalue weighted by Crippen LogP contribution is -2.12. The standard InChI is InChI=1S/C30H27N3O4S/c1-37-27-17-14-24(20-26(27)34)30-32-28(22-8-4-2-5-9-22)29(23-10-6-3-7-11-23)33(30)19-18-21-12-15-25(16-13-21)38(31,35)36/h2-17,20,34H,18-19H2,1H3,(H2,31,35,36). The summed E-state index contributed by atoms with van der Waals surface area (Å²) in [6, 6.07) is 31.9. The number of aromatic nitrogens is 2. The van der Waals surface area contributed by atoms with E-state index in [2.05, 4.69) is 16.7 Å². The predicted molar refractivity (Wildman–Crippen MR) is 148 cm³/mol. The van der Waals surface area contributed by atoms with Gasteiger partial charge < -0.3 is 14.4 Å². The lowest BCUT2D eigenvalue weighted by atomic mass is 10.0. The molecule has 0 aliphatic carbocycles. The van der Waals surface area contributed by atoms with Gasteiger partial charge in [-0.05, 0) is 42.3 Å². The molecule has 4 aromatic carbocycles. The highest BCUT2D eigenvalue weighted by molar-refractivity contribution is 7.89. The molecule has 0 atom stereocenters. The van der Waals surface area contributed by atoms with Crippen LogP contribution in [0.15, 0.2) is 108 Å². The molecule has 1 aromatic heterocycles. The molecule has 0 unspecified atom stereocenters. The first-order valence-corrected chi connectivity index (χ1v) is 13.6. The van der Waals surface area contributed by atoms with E-state index in [0.29, 0.717) is 24.5 Å². The first kappa shape index (κ1) is 25.3. The van der Waals surface area contributed by atoms with E-state index in [0.717, 1.165) is 33.6 Å². The third-order valence-electron chi connectivity index (χ3n) is 6.38. The summed E-state index contributed by atoms with van der Waals surface area (Å²) in [5.41, 5.74) is 5.45. The van der Waals surface area contributed by atoms with Gasteiger partial charge in [0.1, 0.15) is 5.82 Å². The topological polar surface area (TPSA) is 107 Å². The van der Waals surface area contributed by atoms with Gasteiger partial charge in [-0.3, -0.25) is 0 Å². The Morgan fingerprint density at radius 1 is 0.842 bits per heavy atom. The summed E-state index contributed by atoms with van der Waals surface area (Å²) in [5, 5.41) is 15.8. The number of ether oxygens (including phenoxy) is 1. The Bertz CT molecular complexity index is 1660. The number of aryl methyl sites for hydroxylation is 1. The maximum atomic E-state index is 11.7. The summed E-state index contributed by atoms with van der Waals surface area (Å²) >= 11 is 0. The second-order valence-corrected chi connectivity index (χ2v) is 10.4. The van der Waals surface area contributed by atoms with Crippen LogP contribution in [0.4, 0.5) is 0 Å². The van der Waals surface area contributed by atoms with Gasteiger partial charge in [0.2, 0.25) is 10.0 Å². The number of aromatic hydroxyl groups is 1. The van der Waals surface area contributed by atoms with E-state index in [9.17, 15) is 13.5 Å². The quantitative estimate of drug-likeness (QED) is 0.279. The van der Waals surface area contributed by atoms with Crippen LogP contribution in [0.1, 0.15) is 5.56 Å². The van der Waals surface area contributed by atoms with Crippen molar-refractivity contribution in [3.8, 4) is 45.4 Å². The summed E-state index contributed by atoms with van der Waals surface area (Å²) in [6.07, 6.45) is 0.616. The third-order valence-corrected chi connectivity index (χ3v) is 7.30. The van der Waals surface area contributed by atoms with Gasteiger partial charge in [0.25, 0.3) is 0 Å². The van der Waals surface area contributed by atoms with Gasteiger partial charge in [0.15, 0.2) is 11.5 Å². The lowest BCUT2D eigenvalue weighted by Gasteiger charge is -2.14. The predicted octanol–water partition coefficient (Wildman–Crippen LogP) is 5.49. The fourth-order valence-corrected chi connectivity index (χ4v) is 5.01. The number of sulfonamides is 1. The molecular formula is C30H27N3O4S. The zero-order valence-corrected chi connectivity index (χ0v) is 21.6. The molecule has 192 valence electrons. The Labute approximate surface area is 221 Å². The SMILES string of the molecule is COc1ccc(-c2nc(-c3ccccc3)c(-c3ccccc3)n2CCc2ccc(S(N)(=O)=O)cc2)cc1O. The first-order valence-electron chi connectivity index (χ1n) is 12.1. The van der Waals surface area contributed by atoms with Gasteiger partial charge in [0, 0.05) is 23.2 Å². The summed E-state index contributed by atoms with van der Waals surface area (Å²) < 4.78 is 30.7. The minimum atomic E-state index is -3.76. The van der Waals surface area contributed by atoms with Crippen LogP contribution >= 0.6 is 0 Å². The monoisotopic (exact) mass is 525 g/mol. The van der Waals surface area contributed by atoms with Crippen molar-refractivity contribution in [3.63, 3.8) is 0 Å². The molecule has 0 saturated carbocycles. The van der Waals surface area contributed by atoms with Crippen molar-refractivity contribution >= 4 is 10.0 Å². The molecule has 0 saturated heterocycles. The van der Waals surface area contributed by atoms with Gasteiger partial charge in [-0.2, -0.15) is 0 Å². The van der Waals surface area contributed by atoms with Crippen LogP contribution in [0.5, 0.6) is 11.5 Å². The Hall–Kier alpha value is -4.40. The first-order chi connectivity index (χ1) is 18.3. The summed E-state index contributed by atoms with van der Waals surface area (Å²) in [5.74, 6) is 1.11. The van der Waals surface area contributed by atoms with Crippen molar-refractivity contribution < 1.29 is 18.3 Å². The van der Waals surface area contributed by atoms with Crippen molar-refractivity contribution in [2.75, 3.05) is 7.11 Å². The number of nitrogens with zero attached hydrogens (tertiary/aromatic N) is 2. The molecule has 38 heavy (non-hydrogen) atoms. The van der Waals surface area contributed by atoms with Crippen molar-refractivity contribution in [2.45, 2.75) is 17.9 Å². The molecule has 1 heterocycles. The second kappa shape index (κ2) is 10.5. The van der Waals surface area contributed by atoms with Crippen LogP contribution in [0.25, 0.3) is 33.9 Å². The minimum Gasteiger partial charge on any atom is -0.504 e. The summed E-state index contributed by atoms with van der Waals surface area (Å²) in [4.78, 5) is 5.18. The summed E-state index contributed by atoms with van der Waals surface area (Å²) in [7, 11) is -2.25. The number of phenols is 1. The number of benzene rings is 4. The van der Waals surface area contributed by atoms with E-state index in [-0.39, 0.29) is 10.6 Å². The third kappa shape index (κ3) is 5.18. The molecule has 5 aromatic rings. The fraction of sp³-hybridized carbons (Fsp3) is 0.100. The van der Waals surface area contributed by atoms with Gasteiger partial charge in [-0.25, -0.2) is 18.5 Å². The molecule has 0 radical (unpaired) electrons. The summed E-state index contributed by atoms with van der Waals surface area (Å²) in [6.45, 7) is 0.556. The zero-order chi connectivity index (χ0) is 26.7. The molecule has 8 heteroatoms. The number of hydrogen-bond acceptors (Lipinski definition) is 5. The smallest absolute Gasteiger partial charge is 0.238 e. The van der Waals surface area contributed by atoms with Crippen LogP contribution in [0.3, 0.4) is 0 Å². The number of methoxy groups -OCH3 is 1. The van der Waals surface area contributed by atoms with Gasteiger partial charge in [-0.15, -0.1) is 0 Å².